The lowest BCUT2D eigenvalue weighted by molar-refractivity contribution is -0.130. The Hall–Kier alpha value is -2.44. The highest BCUT2D eigenvalue weighted by Gasteiger charge is 2.43. The predicted molar refractivity (Wildman–Crippen MR) is 83.3 cm³/mol. The number of nitrogens with one attached hydrogen (secondary N) is 2. The highest BCUT2D eigenvalue weighted by Crippen LogP contribution is 2.18. The minimum absolute atomic E-state index is 0.161. The van der Waals surface area contributed by atoms with E-state index in [2.05, 4.69) is 10.6 Å². The highest BCUT2D eigenvalue weighted by molar-refractivity contribution is 6.06. The summed E-state index contributed by atoms with van der Waals surface area (Å²) >= 11 is 0. The summed E-state index contributed by atoms with van der Waals surface area (Å²) in [5.74, 6) is -0.898. The second-order valence-corrected chi connectivity index (χ2v) is 6.12. The Labute approximate surface area is 134 Å². The highest BCUT2D eigenvalue weighted by atomic mass is 19.1. The second kappa shape index (κ2) is 6.36. The van der Waals surface area contributed by atoms with Crippen LogP contribution in [-0.4, -0.2) is 34.8 Å². The first-order valence-corrected chi connectivity index (χ1v) is 7.41. The van der Waals surface area contributed by atoms with Crippen LogP contribution in [0.15, 0.2) is 18.2 Å². The number of benzene rings is 1. The number of imide groups is 1. The fourth-order valence-corrected chi connectivity index (χ4v) is 2.40. The molecule has 0 bridgehead atoms. The van der Waals surface area contributed by atoms with Crippen LogP contribution in [-0.2, 0) is 9.59 Å². The van der Waals surface area contributed by atoms with Gasteiger partial charge >= 0.3 is 6.03 Å². The lowest BCUT2D eigenvalue weighted by Gasteiger charge is -2.15. The van der Waals surface area contributed by atoms with E-state index in [9.17, 15) is 18.8 Å². The van der Waals surface area contributed by atoms with Gasteiger partial charge < -0.3 is 10.6 Å². The number of nitrogens with zero attached hydrogens (tertiary/aromatic N) is 1. The summed E-state index contributed by atoms with van der Waals surface area (Å²) in [6, 6.07) is 3.68. The molecule has 1 aliphatic rings. The van der Waals surface area contributed by atoms with Gasteiger partial charge in [-0.05, 0) is 51.0 Å². The predicted octanol–water partition coefficient (Wildman–Crippen LogP) is 2.18. The Morgan fingerprint density at radius 2 is 2.04 bits per heavy atom. The molecule has 23 heavy (non-hydrogen) atoms. The molecule has 1 heterocycles. The van der Waals surface area contributed by atoms with Crippen LogP contribution in [0.4, 0.5) is 14.9 Å². The average Bonchev–Trinajstić information content (AvgIpc) is 2.63. The number of anilines is 1. The zero-order valence-electron chi connectivity index (χ0n) is 13.4. The summed E-state index contributed by atoms with van der Waals surface area (Å²) < 4.78 is 13.0. The molecule has 0 spiro atoms. The van der Waals surface area contributed by atoms with E-state index in [1.54, 1.807) is 20.8 Å². The molecular formula is C16H20FN3O3. The molecule has 0 unspecified atom stereocenters. The van der Waals surface area contributed by atoms with Crippen molar-refractivity contribution in [1.29, 1.82) is 0 Å². The maximum atomic E-state index is 13.0. The summed E-state index contributed by atoms with van der Waals surface area (Å²) in [5.41, 5.74) is 0.284. The Bertz CT molecular complexity index is 658. The van der Waals surface area contributed by atoms with Crippen LogP contribution in [0.1, 0.15) is 32.3 Å². The first-order chi connectivity index (χ1) is 10.7. The van der Waals surface area contributed by atoms with Crippen LogP contribution in [0.3, 0.4) is 0 Å². The summed E-state index contributed by atoms with van der Waals surface area (Å²) in [5, 5.41) is 5.28. The van der Waals surface area contributed by atoms with Crippen LogP contribution in [0, 0.1) is 12.7 Å². The van der Waals surface area contributed by atoms with E-state index in [0.29, 0.717) is 17.7 Å². The molecular weight excluding hydrogens is 301 g/mol. The van der Waals surface area contributed by atoms with E-state index >= 15 is 0 Å². The molecule has 0 atom stereocenters. The summed E-state index contributed by atoms with van der Waals surface area (Å²) in [7, 11) is 0. The van der Waals surface area contributed by atoms with E-state index in [1.807, 2.05) is 0 Å². The van der Waals surface area contributed by atoms with Gasteiger partial charge in [0.25, 0.3) is 5.91 Å². The van der Waals surface area contributed by atoms with Gasteiger partial charge in [-0.15, -0.1) is 0 Å². The second-order valence-electron chi connectivity index (χ2n) is 6.12. The van der Waals surface area contributed by atoms with Crippen molar-refractivity contribution < 1.29 is 18.8 Å². The molecule has 0 aliphatic carbocycles. The quantitative estimate of drug-likeness (QED) is 0.816. The number of halogens is 1. The van der Waals surface area contributed by atoms with Crippen LogP contribution in [0.25, 0.3) is 0 Å². The van der Waals surface area contributed by atoms with Crippen LogP contribution >= 0.6 is 0 Å². The number of carbonyl (C=O) groups is 3. The molecule has 4 amide bonds. The number of urea groups is 1. The Kier molecular flexibility index (Phi) is 4.68. The fourth-order valence-electron chi connectivity index (χ4n) is 2.40. The van der Waals surface area contributed by atoms with Gasteiger partial charge in [-0.2, -0.15) is 0 Å². The first-order valence-electron chi connectivity index (χ1n) is 7.41. The zero-order chi connectivity index (χ0) is 17.2. The van der Waals surface area contributed by atoms with Crippen LogP contribution in [0.5, 0.6) is 0 Å². The molecule has 2 N–H and O–H groups in total. The van der Waals surface area contributed by atoms with Crippen molar-refractivity contribution in [2.24, 2.45) is 0 Å². The lowest BCUT2D eigenvalue weighted by atomic mass is 10.1. The minimum Gasteiger partial charge on any atom is -0.326 e. The van der Waals surface area contributed by atoms with Crippen molar-refractivity contribution in [3.05, 3.63) is 29.6 Å². The molecule has 0 radical (unpaired) electrons. The van der Waals surface area contributed by atoms with E-state index in [-0.39, 0.29) is 30.6 Å². The summed E-state index contributed by atoms with van der Waals surface area (Å²) in [6.45, 7) is 5.16. The number of aryl methyl sites for hydroxylation is 1. The summed E-state index contributed by atoms with van der Waals surface area (Å²) in [6.07, 6.45) is 0.523. The molecule has 2 rings (SSSR count). The van der Waals surface area contributed by atoms with Gasteiger partial charge in [0, 0.05) is 18.7 Å². The van der Waals surface area contributed by atoms with Crippen molar-refractivity contribution in [1.82, 2.24) is 10.2 Å². The third-order valence-electron chi connectivity index (χ3n) is 3.69. The Morgan fingerprint density at radius 1 is 1.35 bits per heavy atom. The van der Waals surface area contributed by atoms with Gasteiger partial charge in [-0.25, -0.2) is 9.18 Å². The van der Waals surface area contributed by atoms with Crippen LogP contribution < -0.4 is 10.6 Å². The van der Waals surface area contributed by atoms with Gasteiger partial charge in [-0.3, -0.25) is 14.5 Å². The monoisotopic (exact) mass is 321 g/mol. The number of hydrogen-bond donors (Lipinski definition) is 2. The molecule has 6 nitrogen and oxygen atoms in total. The average molecular weight is 321 g/mol. The maximum absolute atomic E-state index is 13.0. The molecule has 124 valence electrons. The molecule has 0 aromatic heterocycles. The van der Waals surface area contributed by atoms with Gasteiger partial charge in [0.1, 0.15) is 11.4 Å². The molecule has 7 heteroatoms. The normalized spacial score (nSPS) is 16.4. The maximum Gasteiger partial charge on any atom is 0.325 e. The van der Waals surface area contributed by atoms with E-state index in [0.717, 1.165) is 4.90 Å². The number of hydrogen-bond acceptors (Lipinski definition) is 3. The van der Waals surface area contributed by atoms with Crippen molar-refractivity contribution >= 4 is 23.5 Å². The molecule has 1 aromatic carbocycles. The van der Waals surface area contributed by atoms with Gasteiger partial charge in [-0.1, -0.05) is 0 Å². The summed E-state index contributed by atoms with van der Waals surface area (Å²) in [4.78, 5) is 36.7. The van der Waals surface area contributed by atoms with E-state index < -0.39 is 11.6 Å². The smallest absolute Gasteiger partial charge is 0.325 e. The SMILES string of the molecule is Cc1cc(F)ccc1NC(=O)CCCN1C(=O)NC(C)(C)C1=O. The fraction of sp³-hybridized carbons (Fsp3) is 0.438. The molecule has 0 saturated carbocycles. The number of carbonyl (C=O) groups excluding carboxylic acids is 3. The van der Waals surface area contributed by atoms with Crippen molar-refractivity contribution in [3.63, 3.8) is 0 Å². The van der Waals surface area contributed by atoms with E-state index in [4.69, 9.17) is 0 Å². The van der Waals surface area contributed by atoms with Crippen molar-refractivity contribution in [2.75, 3.05) is 11.9 Å². The zero-order valence-corrected chi connectivity index (χ0v) is 13.4. The number of rotatable bonds is 5. The van der Waals surface area contributed by atoms with Crippen LogP contribution in [0.2, 0.25) is 0 Å². The molecule has 1 aliphatic heterocycles. The topological polar surface area (TPSA) is 78.5 Å². The third-order valence-corrected chi connectivity index (χ3v) is 3.69. The number of amides is 4. The van der Waals surface area contributed by atoms with E-state index in [1.165, 1.54) is 18.2 Å². The molecule has 1 fully saturated rings. The lowest BCUT2D eigenvalue weighted by Crippen LogP contribution is -2.40. The molecule has 1 aromatic rings. The Morgan fingerprint density at radius 3 is 2.61 bits per heavy atom. The van der Waals surface area contributed by atoms with Gasteiger partial charge in [0.2, 0.25) is 5.91 Å². The van der Waals surface area contributed by atoms with Gasteiger partial charge in [0.05, 0.1) is 0 Å². The largest absolute Gasteiger partial charge is 0.326 e. The minimum atomic E-state index is -0.898. The van der Waals surface area contributed by atoms with Crippen molar-refractivity contribution in [3.8, 4) is 0 Å². The van der Waals surface area contributed by atoms with Crippen molar-refractivity contribution in [2.45, 2.75) is 39.2 Å². The Balaban J connectivity index is 1.83. The first kappa shape index (κ1) is 16.9. The third kappa shape index (κ3) is 3.85. The standard InChI is InChI=1S/C16H20FN3O3/c1-10-9-11(17)6-7-12(10)18-13(21)5-4-8-20-14(22)16(2,3)19-15(20)23/h6-7,9H,4-5,8H2,1-3H3,(H,18,21)(H,19,23). The molecule has 1 saturated heterocycles. The van der Waals surface area contributed by atoms with Gasteiger partial charge in [0.15, 0.2) is 0 Å².